The van der Waals surface area contributed by atoms with Crippen molar-refractivity contribution in [3.05, 3.63) is 0 Å². The van der Waals surface area contributed by atoms with Gasteiger partial charge in [-0.05, 0) is 33.2 Å². The number of carbonyl (C=O) groups is 4. The maximum Gasteiger partial charge on any atom is 0.320 e. The molecule has 0 aromatic carbocycles. The summed E-state index contributed by atoms with van der Waals surface area (Å²) in [5.74, 6) is -1.56. The molecule has 0 radical (unpaired) electrons. The standard InChI is InChI=1S/C16H30O3.C7H13NO3/c17-15-13-11-9-7-5-3-1-2-4-6-8-10-12-14-16(18)19;1-5(9)3-4-6(8-2)7(10)11/h15H,1-14H2,(H,18,19);6,8H,3-4H2,1-2H3,(H,10,11). The first kappa shape index (κ1) is 30.4. The highest BCUT2D eigenvalue weighted by atomic mass is 16.4. The maximum absolute atomic E-state index is 10.5. The predicted molar refractivity (Wildman–Crippen MR) is 119 cm³/mol. The number of ketones is 1. The fraction of sp³-hybridized carbons (Fsp3) is 0.826. The Kier molecular flexibility index (Phi) is 23.9. The zero-order valence-electron chi connectivity index (χ0n) is 19.0. The fourth-order valence-corrected chi connectivity index (χ4v) is 3.01. The van der Waals surface area contributed by atoms with Gasteiger partial charge in [-0.2, -0.15) is 0 Å². The van der Waals surface area contributed by atoms with Gasteiger partial charge in [0.2, 0.25) is 0 Å². The summed E-state index contributed by atoms with van der Waals surface area (Å²) in [5, 5.41) is 19.6. The van der Waals surface area contributed by atoms with Crippen LogP contribution in [0, 0.1) is 0 Å². The van der Waals surface area contributed by atoms with Crippen LogP contribution < -0.4 is 5.32 Å². The van der Waals surface area contributed by atoms with Crippen molar-refractivity contribution in [1.82, 2.24) is 5.32 Å². The number of carbonyl (C=O) groups excluding carboxylic acids is 2. The molecule has 0 heterocycles. The minimum absolute atomic E-state index is 0.0199. The van der Waals surface area contributed by atoms with Gasteiger partial charge in [0.25, 0.3) is 0 Å². The van der Waals surface area contributed by atoms with Crippen LogP contribution in [0.15, 0.2) is 0 Å². The zero-order valence-corrected chi connectivity index (χ0v) is 19.0. The predicted octanol–water partition coefficient (Wildman–Crippen LogP) is 4.76. The molecule has 0 aliphatic carbocycles. The molecule has 3 N–H and O–H groups in total. The van der Waals surface area contributed by atoms with Crippen LogP contribution in [0.5, 0.6) is 0 Å². The summed E-state index contributed by atoms with van der Waals surface area (Å²) in [6.07, 6.45) is 17.1. The van der Waals surface area contributed by atoms with Crippen molar-refractivity contribution < 1.29 is 29.4 Å². The Hall–Kier alpha value is -1.76. The summed E-state index contributed by atoms with van der Waals surface area (Å²) in [6.45, 7) is 1.45. The van der Waals surface area contributed by atoms with Crippen molar-refractivity contribution in [2.45, 2.75) is 116 Å². The Morgan fingerprint density at radius 2 is 1.20 bits per heavy atom. The maximum atomic E-state index is 10.5. The van der Waals surface area contributed by atoms with Gasteiger partial charge in [0, 0.05) is 19.3 Å². The number of carboxylic acid groups (broad SMARTS) is 2. The summed E-state index contributed by atoms with van der Waals surface area (Å²) >= 11 is 0. The summed E-state index contributed by atoms with van der Waals surface area (Å²) in [5.41, 5.74) is 0. The van der Waals surface area contributed by atoms with Gasteiger partial charge in [-0.15, -0.1) is 0 Å². The minimum atomic E-state index is -0.909. The van der Waals surface area contributed by atoms with Crippen LogP contribution in [-0.4, -0.2) is 47.3 Å². The lowest BCUT2D eigenvalue weighted by Gasteiger charge is -2.08. The monoisotopic (exact) mass is 429 g/mol. The van der Waals surface area contributed by atoms with Crippen LogP contribution in [0.3, 0.4) is 0 Å². The SMILES string of the molecule is CNC(CCC(C)=O)C(=O)O.O=CCCCCCCCCCCCCCCC(=O)O. The van der Waals surface area contributed by atoms with Gasteiger partial charge in [0.1, 0.15) is 18.1 Å². The lowest BCUT2D eigenvalue weighted by atomic mass is 10.0. The number of hydrogen-bond donors (Lipinski definition) is 3. The molecule has 0 amide bonds. The van der Waals surface area contributed by atoms with Gasteiger partial charge in [-0.3, -0.25) is 9.59 Å². The quantitative estimate of drug-likeness (QED) is 0.188. The number of aliphatic carboxylic acids is 2. The van der Waals surface area contributed by atoms with Crippen molar-refractivity contribution >= 4 is 24.0 Å². The van der Waals surface area contributed by atoms with Crippen LogP contribution in [0.4, 0.5) is 0 Å². The molecule has 0 fully saturated rings. The normalized spacial score (nSPS) is 11.3. The van der Waals surface area contributed by atoms with Gasteiger partial charge in [-0.25, -0.2) is 0 Å². The average Bonchev–Trinajstić information content (AvgIpc) is 2.68. The topological polar surface area (TPSA) is 121 Å². The van der Waals surface area contributed by atoms with Crippen LogP contribution in [0.25, 0.3) is 0 Å². The van der Waals surface area contributed by atoms with Crippen molar-refractivity contribution in [2.24, 2.45) is 0 Å². The van der Waals surface area contributed by atoms with E-state index in [0.717, 1.165) is 32.0 Å². The van der Waals surface area contributed by atoms with Crippen LogP contribution in [0.2, 0.25) is 0 Å². The molecule has 0 bridgehead atoms. The fourth-order valence-electron chi connectivity index (χ4n) is 3.01. The molecule has 1 atom stereocenters. The second kappa shape index (κ2) is 23.5. The van der Waals surface area contributed by atoms with E-state index in [1.807, 2.05) is 0 Å². The third kappa shape index (κ3) is 26.2. The Morgan fingerprint density at radius 3 is 1.53 bits per heavy atom. The van der Waals surface area contributed by atoms with Gasteiger partial charge >= 0.3 is 11.9 Å². The first-order chi connectivity index (χ1) is 14.3. The molecular formula is C23H43NO6. The lowest BCUT2D eigenvalue weighted by Crippen LogP contribution is -2.34. The molecular weight excluding hydrogens is 386 g/mol. The molecule has 30 heavy (non-hydrogen) atoms. The van der Waals surface area contributed by atoms with E-state index in [1.54, 1.807) is 7.05 Å². The molecule has 7 heteroatoms. The summed E-state index contributed by atoms with van der Waals surface area (Å²) in [6, 6.07) is -0.598. The van der Waals surface area contributed by atoms with Gasteiger partial charge < -0.3 is 25.1 Å². The molecule has 0 spiro atoms. The van der Waals surface area contributed by atoms with Crippen LogP contribution in [0.1, 0.15) is 110 Å². The number of aldehydes is 1. The van der Waals surface area contributed by atoms with Crippen molar-refractivity contribution in [3.63, 3.8) is 0 Å². The first-order valence-corrected chi connectivity index (χ1v) is 11.4. The third-order valence-electron chi connectivity index (χ3n) is 4.89. The molecule has 0 saturated heterocycles. The Labute approximate surface area is 182 Å². The Morgan fingerprint density at radius 1 is 0.767 bits per heavy atom. The smallest absolute Gasteiger partial charge is 0.320 e. The molecule has 0 aliphatic rings. The lowest BCUT2D eigenvalue weighted by molar-refractivity contribution is -0.140. The van der Waals surface area contributed by atoms with E-state index in [4.69, 9.17) is 10.2 Å². The molecule has 7 nitrogen and oxygen atoms in total. The number of hydrogen-bond acceptors (Lipinski definition) is 5. The Bertz CT molecular complexity index is 453. The van der Waals surface area contributed by atoms with Gasteiger partial charge in [0.05, 0.1) is 0 Å². The minimum Gasteiger partial charge on any atom is -0.481 e. The number of likely N-dealkylation sites (N-methyl/N-ethyl adjacent to an activating group) is 1. The van der Waals surface area contributed by atoms with E-state index in [-0.39, 0.29) is 5.78 Å². The number of Topliss-reactive ketones (excluding diaryl/α,β-unsaturated/α-hetero) is 1. The van der Waals surface area contributed by atoms with E-state index in [9.17, 15) is 19.2 Å². The number of rotatable bonds is 20. The van der Waals surface area contributed by atoms with Crippen molar-refractivity contribution in [3.8, 4) is 0 Å². The number of carboxylic acids is 2. The number of nitrogens with one attached hydrogen (secondary N) is 1. The highest BCUT2D eigenvalue weighted by Gasteiger charge is 2.14. The Balaban J connectivity index is 0. The van der Waals surface area contributed by atoms with E-state index in [1.165, 1.54) is 64.7 Å². The van der Waals surface area contributed by atoms with Crippen molar-refractivity contribution in [2.75, 3.05) is 7.05 Å². The molecule has 0 saturated carbocycles. The first-order valence-electron chi connectivity index (χ1n) is 11.4. The highest BCUT2D eigenvalue weighted by Crippen LogP contribution is 2.12. The number of unbranched alkanes of at least 4 members (excludes halogenated alkanes) is 12. The molecule has 0 aliphatic heterocycles. The molecule has 1 unspecified atom stereocenters. The molecule has 0 aromatic heterocycles. The summed E-state index contributed by atoms with van der Waals surface area (Å²) < 4.78 is 0. The second-order valence-corrected chi connectivity index (χ2v) is 7.76. The van der Waals surface area contributed by atoms with Crippen LogP contribution >= 0.6 is 0 Å². The highest BCUT2D eigenvalue weighted by molar-refractivity contribution is 5.78. The van der Waals surface area contributed by atoms with E-state index < -0.39 is 18.0 Å². The largest absolute Gasteiger partial charge is 0.481 e. The van der Waals surface area contributed by atoms with Gasteiger partial charge in [-0.1, -0.05) is 64.2 Å². The van der Waals surface area contributed by atoms with E-state index in [0.29, 0.717) is 19.3 Å². The third-order valence-corrected chi connectivity index (χ3v) is 4.89. The summed E-state index contributed by atoms with van der Waals surface area (Å²) in [4.78, 5) is 41.2. The van der Waals surface area contributed by atoms with Gasteiger partial charge in [0.15, 0.2) is 0 Å². The van der Waals surface area contributed by atoms with E-state index in [2.05, 4.69) is 5.32 Å². The zero-order chi connectivity index (χ0) is 23.0. The molecule has 0 aromatic rings. The summed E-state index contributed by atoms with van der Waals surface area (Å²) in [7, 11) is 1.57. The molecule has 176 valence electrons. The average molecular weight is 430 g/mol. The van der Waals surface area contributed by atoms with Crippen molar-refractivity contribution in [1.29, 1.82) is 0 Å². The van der Waals surface area contributed by atoms with E-state index >= 15 is 0 Å². The molecule has 0 rings (SSSR count). The van der Waals surface area contributed by atoms with Crippen LogP contribution in [-0.2, 0) is 19.2 Å². The second-order valence-electron chi connectivity index (χ2n) is 7.76.